The second-order valence-electron chi connectivity index (χ2n) is 8.14. The van der Waals surface area contributed by atoms with Crippen molar-refractivity contribution in [2.75, 3.05) is 64.0 Å². The van der Waals surface area contributed by atoms with Crippen molar-refractivity contribution in [3.8, 4) is 0 Å². The molecular weight excluding hydrogens is 368 g/mol. The van der Waals surface area contributed by atoms with E-state index < -0.39 is 0 Å². The van der Waals surface area contributed by atoms with Gasteiger partial charge in [-0.1, -0.05) is 30.3 Å². The van der Waals surface area contributed by atoms with Crippen molar-refractivity contribution in [1.82, 2.24) is 15.1 Å². The second kappa shape index (κ2) is 9.51. The van der Waals surface area contributed by atoms with Crippen molar-refractivity contribution in [2.24, 2.45) is 4.99 Å². The summed E-state index contributed by atoms with van der Waals surface area (Å²) in [7, 11) is 0. The first-order valence-corrected chi connectivity index (χ1v) is 11.9. The monoisotopic (exact) mass is 402 g/mol. The van der Waals surface area contributed by atoms with Crippen LogP contribution in [0.1, 0.15) is 31.2 Å². The van der Waals surface area contributed by atoms with Crippen LogP contribution in [0.25, 0.3) is 0 Å². The highest BCUT2D eigenvalue weighted by Gasteiger charge is 2.41. The van der Waals surface area contributed by atoms with Crippen LogP contribution in [0.2, 0.25) is 0 Å². The summed E-state index contributed by atoms with van der Waals surface area (Å²) in [4.78, 5) is 10.3. The molecule has 3 heterocycles. The van der Waals surface area contributed by atoms with E-state index in [0.29, 0.717) is 5.92 Å². The van der Waals surface area contributed by atoms with Crippen LogP contribution in [0.3, 0.4) is 0 Å². The van der Waals surface area contributed by atoms with Gasteiger partial charge in [-0.05, 0) is 31.1 Å². The number of nitrogens with one attached hydrogen (secondary N) is 1. The maximum absolute atomic E-state index is 5.60. The van der Waals surface area contributed by atoms with E-state index in [1.165, 1.54) is 29.9 Å². The highest BCUT2D eigenvalue weighted by Crippen LogP contribution is 2.34. The van der Waals surface area contributed by atoms with Gasteiger partial charge in [0, 0.05) is 44.4 Å². The van der Waals surface area contributed by atoms with E-state index in [9.17, 15) is 0 Å². The standard InChI is InChI=1S/C22H34N4OS/c1-2-23-21(25-10-8-20(16-25)19-6-4-3-5-7-19)24-17-22(9-15-28-18-22)26-11-13-27-14-12-26/h3-7,20H,2,8-18H2,1H3,(H,23,24). The molecule has 0 saturated carbocycles. The molecule has 4 rings (SSSR count). The van der Waals surface area contributed by atoms with Gasteiger partial charge < -0.3 is 15.0 Å². The molecule has 3 fully saturated rings. The highest BCUT2D eigenvalue weighted by molar-refractivity contribution is 7.99. The summed E-state index contributed by atoms with van der Waals surface area (Å²) in [6, 6.07) is 10.9. The molecule has 28 heavy (non-hydrogen) atoms. The van der Waals surface area contributed by atoms with Crippen LogP contribution in [-0.4, -0.2) is 85.3 Å². The molecule has 6 heteroatoms. The Morgan fingerprint density at radius 2 is 2.07 bits per heavy atom. The Balaban J connectivity index is 1.45. The summed E-state index contributed by atoms with van der Waals surface area (Å²) in [6.45, 7) is 9.96. The minimum atomic E-state index is 0.216. The van der Waals surface area contributed by atoms with E-state index in [2.05, 4.69) is 64.1 Å². The molecule has 3 saturated heterocycles. The number of morpholine rings is 1. The number of hydrogen-bond acceptors (Lipinski definition) is 4. The SMILES string of the molecule is CCNC(=NCC1(N2CCOCC2)CCSC1)N1CCC(c2ccccc2)C1. The zero-order chi connectivity index (χ0) is 19.2. The molecule has 0 aromatic heterocycles. The van der Waals surface area contributed by atoms with E-state index in [-0.39, 0.29) is 5.54 Å². The lowest BCUT2D eigenvalue weighted by Crippen LogP contribution is -2.56. The number of ether oxygens (including phenoxy) is 1. The van der Waals surface area contributed by atoms with Crippen molar-refractivity contribution in [1.29, 1.82) is 0 Å². The molecule has 0 bridgehead atoms. The summed E-state index contributed by atoms with van der Waals surface area (Å²) < 4.78 is 5.60. The first-order chi connectivity index (χ1) is 13.8. The summed E-state index contributed by atoms with van der Waals surface area (Å²) in [6.07, 6.45) is 2.45. The van der Waals surface area contributed by atoms with E-state index in [1.54, 1.807) is 0 Å². The second-order valence-corrected chi connectivity index (χ2v) is 9.24. The number of rotatable bonds is 5. The van der Waals surface area contributed by atoms with Gasteiger partial charge in [-0.25, -0.2) is 0 Å². The lowest BCUT2D eigenvalue weighted by Gasteiger charge is -2.42. The summed E-state index contributed by atoms with van der Waals surface area (Å²) >= 11 is 2.08. The molecule has 154 valence electrons. The van der Waals surface area contributed by atoms with Crippen molar-refractivity contribution < 1.29 is 4.74 Å². The molecule has 2 atom stereocenters. The molecule has 3 aliphatic rings. The normalized spacial score (nSPS) is 29.4. The third-order valence-corrected chi connectivity index (χ3v) is 7.62. The first kappa shape index (κ1) is 20.0. The zero-order valence-corrected chi connectivity index (χ0v) is 17.9. The number of likely N-dealkylation sites (tertiary alicyclic amines) is 1. The molecular formula is C22H34N4OS. The third-order valence-electron chi connectivity index (χ3n) is 6.38. The van der Waals surface area contributed by atoms with Gasteiger partial charge in [0.15, 0.2) is 5.96 Å². The minimum absolute atomic E-state index is 0.216. The van der Waals surface area contributed by atoms with Crippen molar-refractivity contribution in [3.05, 3.63) is 35.9 Å². The Labute approximate surface area is 173 Å². The molecule has 0 radical (unpaired) electrons. The molecule has 5 nitrogen and oxygen atoms in total. The van der Waals surface area contributed by atoms with Crippen LogP contribution in [-0.2, 0) is 4.74 Å². The fourth-order valence-corrected chi connectivity index (χ4v) is 6.17. The quantitative estimate of drug-likeness (QED) is 0.606. The van der Waals surface area contributed by atoms with Crippen LogP contribution in [0.4, 0.5) is 0 Å². The van der Waals surface area contributed by atoms with Gasteiger partial charge in [-0.3, -0.25) is 9.89 Å². The zero-order valence-electron chi connectivity index (χ0n) is 17.1. The van der Waals surface area contributed by atoms with E-state index >= 15 is 0 Å². The van der Waals surface area contributed by atoms with E-state index in [4.69, 9.17) is 9.73 Å². The highest BCUT2D eigenvalue weighted by atomic mass is 32.2. The van der Waals surface area contributed by atoms with Gasteiger partial charge in [0.05, 0.1) is 25.3 Å². The van der Waals surface area contributed by atoms with Crippen molar-refractivity contribution in [2.45, 2.75) is 31.2 Å². The van der Waals surface area contributed by atoms with Crippen LogP contribution in [0.15, 0.2) is 35.3 Å². The topological polar surface area (TPSA) is 40.1 Å². The molecule has 2 unspecified atom stereocenters. The van der Waals surface area contributed by atoms with Crippen molar-refractivity contribution in [3.63, 3.8) is 0 Å². The van der Waals surface area contributed by atoms with Gasteiger partial charge in [-0.2, -0.15) is 11.8 Å². The molecule has 0 aliphatic carbocycles. The van der Waals surface area contributed by atoms with Crippen molar-refractivity contribution >= 4 is 17.7 Å². The van der Waals surface area contributed by atoms with Gasteiger partial charge in [0.25, 0.3) is 0 Å². The summed E-state index contributed by atoms with van der Waals surface area (Å²) in [5.41, 5.74) is 1.67. The fraction of sp³-hybridized carbons (Fsp3) is 0.682. The molecule has 1 N–H and O–H groups in total. The maximum atomic E-state index is 5.60. The summed E-state index contributed by atoms with van der Waals surface area (Å²) in [5.74, 6) is 4.16. The van der Waals surface area contributed by atoms with Gasteiger partial charge in [-0.15, -0.1) is 0 Å². The number of hydrogen-bond donors (Lipinski definition) is 1. The number of nitrogens with zero attached hydrogens (tertiary/aromatic N) is 3. The predicted molar refractivity (Wildman–Crippen MR) is 118 cm³/mol. The van der Waals surface area contributed by atoms with Crippen LogP contribution >= 0.6 is 11.8 Å². The van der Waals surface area contributed by atoms with Gasteiger partial charge in [0.2, 0.25) is 0 Å². The van der Waals surface area contributed by atoms with E-state index in [0.717, 1.165) is 58.4 Å². The Morgan fingerprint density at radius 3 is 2.79 bits per heavy atom. The van der Waals surface area contributed by atoms with Gasteiger partial charge in [0.1, 0.15) is 0 Å². The van der Waals surface area contributed by atoms with Crippen LogP contribution < -0.4 is 5.32 Å². The number of aliphatic imine (C=N–C) groups is 1. The Hall–Kier alpha value is -1.24. The van der Waals surface area contributed by atoms with E-state index in [1.807, 2.05) is 0 Å². The third kappa shape index (κ3) is 4.50. The lowest BCUT2D eigenvalue weighted by atomic mass is 9.96. The molecule has 0 spiro atoms. The van der Waals surface area contributed by atoms with Crippen LogP contribution in [0, 0.1) is 0 Å². The Kier molecular flexibility index (Phi) is 6.81. The number of benzene rings is 1. The predicted octanol–water partition coefficient (Wildman–Crippen LogP) is 2.65. The first-order valence-electron chi connectivity index (χ1n) is 10.8. The average Bonchev–Trinajstić information content (AvgIpc) is 3.43. The lowest BCUT2D eigenvalue weighted by molar-refractivity contribution is -0.0105. The smallest absolute Gasteiger partial charge is 0.194 e. The molecule has 0 amide bonds. The Bertz CT molecular complexity index is 641. The number of guanidine groups is 1. The maximum Gasteiger partial charge on any atom is 0.194 e. The average molecular weight is 403 g/mol. The fourth-order valence-electron chi connectivity index (χ4n) is 4.71. The largest absolute Gasteiger partial charge is 0.379 e. The summed E-state index contributed by atoms with van der Waals surface area (Å²) in [5, 5.41) is 3.57. The van der Waals surface area contributed by atoms with Crippen LogP contribution in [0.5, 0.6) is 0 Å². The number of thioether (sulfide) groups is 1. The molecule has 1 aromatic carbocycles. The molecule has 3 aliphatic heterocycles. The minimum Gasteiger partial charge on any atom is -0.379 e. The molecule has 1 aromatic rings. The Morgan fingerprint density at radius 1 is 1.25 bits per heavy atom. The van der Waals surface area contributed by atoms with Gasteiger partial charge >= 0.3 is 0 Å².